The standard InChI is InChI=1S/C16H24N2O2/c1-3-7-14(4-2)18-11-15(19)12-20-16-9-6-5-8-13(16)10-17/h5-6,8-9,14-15,18-19H,3-4,7,11-12H2,1-2H3. The molecule has 2 unspecified atom stereocenters. The van der Waals surface area contributed by atoms with Gasteiger partial charge >= 0.3 is 0 Å². The summed E-state index contributed by atoms with van der Waals surface area (Å²) in [4.78, 5) is 0. The highest BCUT2D eigenvalue weighted by atomic mass is 16.5. The summed E-state index contributed by atoms with van der Waals surface area (Å²) >= 11 is 0. The van der Waals surface area contributed by atoms with Crippen LogP contribution in [0.2, 0.25) is 0 Å². The van der Waals surface area contributed by atoms with Gasteiger partial charge in [0.1, 0.15) is 24.5 Å². The molecule has 0 saturated carbocycles. The first-order chi connectivity index (χ1) is 9.71. The molecule has 2 N–H and O–H groups in total. The Morgan fingerprint density at radius 2 is 2.10 bits per heavy atom. The molecule has 4 heteroatoms. The summed E-state index contributed by atoms with van der Waals surface area (Å²) < 4.78 is 5.50. The third-order valence-corrected chi connectivity index (χ3v) is 3.21. The van der Waals surface area contributed by atoms with Crippen molar-refractivity contribution in [1.82, 2.24) is 5.32 Å². The average Bonchev–Trinajstić information content (AvgIpc) is 2.49. The summed E-state index contributed by atoms with van der Waals surface area (Å²) in [5.41, 5.74) is 0.491. The number of rotatable bonds is 9. The molecule has 1 aromatic rings. The zero-order valence-corrected chi connectivity index (χ0v) is 12.3. The number of hydrogen-bond acceptors (Lipinski definition) is 4. The van der Waals surface area contributed by atoms with Crippen LogP contribution in [0.1, 0.15) is 38.7 Å². The molecule has 0 aliphatic heterocycles. The van der Waals surface area contributed by atoms with Crippen LogP contribution in [-0.4, -0.2) is 30.4 Å². The number of ether oxygens (including phenoxy) is 1. The first kappa shape index (κ1) is 16.5. The van der Waals surface area contributed by atoms with E-state index in [1.807, 2.05) is 6.07 Å². The first-order valence-electron chi connectivity index (χ1n) is 7.24. The van der Waals surface area contributed by atoms with E-state index in [2.05, 4.69) is 25.2 Å². The fraction of sp³-hybridized carbons (Fsp3) is 0.562. The van der Waals surface area contributed by atoms with Gasteiger partial charge in [-0.1, -0.05) is 32.4 Å². The quantitative estimate of drug-likeness (QED) is 0.727. The first-order valence-corrected chi connectivity index (χ1v) is 7.24. The van der Waals surface area contributed by atoms with E-state index in [9.17, 15) is 5.11 Å². The normalized spacial score (nSPS) is 13.5. The zero-order chi connectivity index (χ0) is 14.8. The molecular weight excluding hydrogens is 252 g/mol. The SMILES string of the molecule is CCCC(CC)NCC(O)COc1ccccc1C#N. The predicted molar refractivity (Wildman–Crippen MR) is 79.6 cm³/mol. The highest BCUT2D eigenvalue weighted by molar-refractivity contribution is 5.42. The molecule has 0 fully saturated rings. The molecule has 0 radical (unpaired) electrons. The van der Waals surface area contributed by atoms with E-state index in [4.69, 9.17) is 10.00 Å². The highest BCUT2D eigenvalue weighted by Crippen LogP contribution is 2.16. The van der Waals surface area contributed by atoms with Crippen molar-refractivity contribution in [3.63, 3.8) is 0 Å². The van der Waals surface area contributed by atoms with Gasteiger partial charge in [-0.05, 0) is 25.0 Å². The minimum atomic E-state index is -0.576. The van der Waals surface area contributed by atoms with E-state index >= 15 is 0 Å². The minimum absolute atomic E-state index is 0.189. The van der Waals surface area contributed by atoms with Crippen molar-refractivity contribution in [2.75, 3.05) is 13.2 Å². The van der Waals surface area contributed by atoms with Gasteiger partial charge in [0.2, 0.25) is 0 Å². The second-order valence-electron chi connectivity index (χ2n) is 4.87. The van der Waals surface area contributed by atoms with Crippen molar-refractivity contribution in [2.45, 2.75) is 45.3 Å². The van der Waals surface area contributed by atoms with E-state index in [-0.39, 0.29) is 6.61 Å². The van der Waals surface area contributed by atoms with Gasteiger partial charge in [-0.15, -0.1) is 0 Å². The van der Waals surface area contributed by atoms with Gasteiger partial charge in [-0.25, -0.2) is 0 Å². The van der Waals surface area contributed by atoms with Crippen LogP contribution >= 0.6 is 0 Å². The molecule has 4 nitrogen and oxygen atoms in total. The summed E-state index contributed by atoms with van der Waals surface area (Å²) in [6.45, 7) is 4.99. The van der Waals surface area contributed by atoms with Gasteiger partial charge in [0, 0.05) is 12.6 Å². The monoisotopic (exact) mass is 276 g/mol. The predicted octanol–water partition coefficient (Wildman–Crippen LogP) is 2.47. The molecule has 20 heavy (non-hydrogen) atoms. The van der Waals surface area contributed by atoms with E-state index in [1.54, 1.807) is 18.2 Å². The van der Waals surface area contributed by atoms with Crippen LogP contribution in [0.5, 0.6) is 5.75 Å². The van der Waals surface area contributed by atoms with Gasteiger partial charge in [0.25, 0.3) is 0 Å². The number of benzene rings is 1. The highest BCUT2D eigenvalue weighted by Gasteiger charge is 2.10. The van der Waals surface area contributed by atoms with E-state index in [0.29, 0.717) is 23.9 Å². The number of aliphatic hydroxyl groups is 1. The van der Waals surface area contributed by atoms with Crippen LogP contribution in [0.3, 0.4) is 0 Å². The van der Waals surface area contributed by atoms with Gasteiger partial charge in [0.05, 0.1) is 5.56 Å². The Morgan fingerprint density at radius 1 is 1.35 bits per heavy atom. The molecule has 0 aliphatic rings. The Bertz CT molecular complexity index is 429. The van der Waals surface area contributed by atoms with Gasteiger partial charge < -0.3 is 15.2 Å². The largest absolute Gasteiger partial charge is 0.489 e. The van der Waals surface area contributed by atoms with Gasteiger partial charge in [-0.3, -0.25) is 0 Å². The Labute approximate surface area is 121 Å². The minimum Gasteiger partial charge on any atom is -0.489 e. The smallest absolute Gasteiger partial charge is 0.137 e. The van der Waals surface area contributed by atoms with Crippen molar-refractivity contribution < 1.29 is 9.84 Å². The van der Waals surface area contributed by atoms with Crippen molar-refractivity contribution in [1.29, 1.82) is 5.26 Å². The maximum absolute atomic E-state index is 9.92. The van der Waals surface area contributed by atoms with E-state index < -0.39 is 6.10 Å². The van der Waals surface area contributed by atoms with Crippen LogP contribution < -0.4 is 10.1 Å². The molecule has 0 amide bonds. The summed E-state index contributed by atoms with van der Waals surface area (Å²) in [6.07, 6.45) is 2.72. The molecule has 110 valence electrons. The van der Waals surface area contributed by atoms with Crippen molar-refractivity contribution in [3.05, 3.63) is 29.8 Å². The van der Waals surface area contributed by atoms with Crippen molar-refractivity contribution in [2.24, 2.45) is 0 Å². The molecule has 0 saturated heterocycles. The maximum atomic E-state index is 9.92. The fourth-order valence-electron chi connectivity index (χ4n) is 2.03. The molecule has 2 atom stereocenters. The molecule has 0 aromatic heterocycles. The maximum Gasteiger partial charge on any atom is 0.137 e. The lowest BCUT2D eigenvalue weighted by Gasteiger charge is -2.19. The summed E-state index contributed by atoms with van der Waals surface area (Å²) in [5.74, 6) is 0.523. The van der Waals surface area contributed by atoms with Crippen LogP contribution in [0.4, 0.5) is 0 Å². The Balaban J connectivity index is 2.36. The fourth-order valence-corrected chi connectivity index (χ4v) is 2.03. The Hall–Kier alpha value is -1.57. The van der Waals surface area contributed by atoms with Gasteiger partial charge in [0.15, 0.2) is 0 Å². The number of nitriles is 1. The van der Waals surface area contributed by atoms with Crippen molar-refractivity contribution in [3.8, 4) is 11.8 Å². The molecule has 0 bridgehead atoms. The van der Waals surface area contributed by atoms with Gasteiger partial charge in [-0.2, -0.15) is 5.26 Å². The second-order valence-corrected chi connectivity index (χ2v) is 4.87. The van der Waals surface area contributed by atoms with E-state index in [1.165, 1.54) is 0 Å². The number of aliphatic hydroxyl groups excluding tert-OH is 1. The third kappa shape index (κ3) is 5.60. The molecule has 0 spiro atoms. The molecule has 0 aliphatic carbocycles. The lowest BCUT2D eigenvalue weighted by molar-refractivity contribution is 0.103. The third-order valence-electron chi connectivity index (χ3n) is 3.21. The van der Waals surface area contributed by atoms with Crippen LogP contribution in [-0.2, 0) is 0 Å². The Morgan fingerprint density at radius 3 is 2.75 bits per heavy atom. The molecule has 1 rings (SSSR count). The van der Waals surface area contributed by atoms with E-state index in [0.717, 1.165) is 19.3 Å². The number of nitrogens with one attached hydrogen (secondary N) is 1. The molecule has 0 heterocycles. The van der Waals surface area contributed by atoms with Crippen molar-refractivity contribution >= 4 is 0 Å². The number of nitrogens with zero attached hydrogens (tertiary/aromatic N) is 1. The lowest BCUT2D eigenvalue weighted by atomic mass is 10.1. The second kappa shape index (κ2) is 9.35. The zero-order valence-electron chi connectivity index (χ0n) is 12.3. The Kier molecular flexibility index (Phi) is 7.71. The van der Waals surface area contributed by atoms with Crippen LogP contribution in [0.15, 0.2) is 24.3 Å². The molecular formula is C16H24N2O2. The lowest BCUT2D eigenvalue weighted by Crippen LogP contribution is -2.37. The number of para-hydroxylation sites is 1. The van der Waals surface area contributed by atoms with Crippen LogP contribution in [0, 0.1) is 11.3 Å². The number of hydrogen-bond donors (Lipinski definition) is 2. The summed E-state index contributed by atoms with van der Waals surface area (Å²) in [6, 6.07) is 9.57. The summed E-state index contributed by atoms with van der Waals surface area (Å²) in [5, 5.41) is 22.2. The topological polar surface area (TPSA) is 65.3 Å². The summed E-state index contributed by atoms with van der Waals surface area (Å²) in [7, 11) is 0. The molecule has 1 aromatic carbocycles. The average molecular weight is 276 g/mol. The van der Waals surface area contributed by atoms with Crippen LogP contribution in [0.25, 0.3) is 0 Å².